The molecule has 1 N–H and O–H groups in total. The third kappa shape index (κ3) is 3.98. The maximum Gasteiger partial charge on any atom is 0.130 e. The van der Waals surface area contributed by atoms with Gasteiger partial charge in [0.1, 0.15) is 18.2 Å². The lowest BCUT2D eigenvalue weighted by Crippen LogP contribution is -2.05. The van der Waals surface area contributed by atoms with Gasteiger partial charge in [-0.25, -0.2) is 4.98 Å². The van der Waals surface area contributed by atoms with E-state index in [2.05, 4.69) is 43.2 Å². The van der Waals surface area contributed by atoms with Crippen LogP contribution in [0.1, 0.15) is 30.2 Å². The zero-order chi connectivity index (χ0) is 14.4. The van der Waals surface area contributed by atoms with E-state index in [1.807, 2.05) is 24.3 Å². The Labute approximate surface area is 121 Å². The van der Waals surface area contributed by atoms with Crippen molar-refractivity contribution in [2.75, 3.05) is 11.9 Å². The molecule has 0 radical (unpaired) electrons. The van der Waals surface area contributed by atoms with Crippen LogP contribution in [0.2, 0.25) is 0 Å². The molecule has 1 aromatic heterocycles. The summed E-state index contributed by atoms with van der Waals surface area (Å²) in [5, 5.41) is 3.29. The van der Waals surface area contributed by atoms with E-state index in [0.29, 0.717) is 6.61 Å². The van der Waals surface area contributed by atoms with Crippen LogP contribution in [0, 0.1) is 13.8 Å². The number of hydrogen-bond acceptors (Lipinski definition) is 3. The lowest BCUT2D eigenvalue weighted by Gasteiger charge is -2.10. The first kappa shape index (κ1) is 14.4. The number of pyridine rings is 1. The molecule has 2 aromatic rings. The molecule has 0 amide bonds. The number of benzene rings is 1. The van der Waals surface area contributed by atoms with Crippen LogP contribution in [-0.4, -0.2) is 11.5 Å². The highest BCUT2D eigenvalue weighted by molar-refractivity contribution is 5.37. The number of nitrogens with one attached hydrogen (secondary N) is 1. The average molecular weight is 270 g/mol. The number of aromatic nitrogens is 1. The smallest absolute Gasteiger partial charge is 0.130 e. The summed E-state index contributed by atoms with van der Waals surface area (Å²) in [6.45, 7) is 7.72. The Hall–Kier alpha value is -2.03. The van der Waals surface area contributed by atoms with Gasteiger partial charge in [-0.2, -0.15) is 0 Å². The SMILES string of the molecule is CCCNc1cccc(COc2ccc(C)cc2C)n1. The number of aryl methyl sites for hydroxylation is 2. The normalized spacial score (nSPS) is 10.3. The molecule has 0 unspecified atom stereocenters. The quantitative estimate of drug-likeness (QED) is 0.858. The van der Waals surface area contributed by atoms with Crippen molar-refractivity contribution in [2.24, 2.45) is 0 Å². The number of nitrogens with zero attached hydrogens (tertiary/aromatic N) is 1. The zero-order valence-electron chi connectivity index (χ0n) is 12.4. The first-order chi connectivity index (χ1) is 9.69. The number of anilines is 1. The van der Waals surface area contributed by atoms with Crippen LogP contribution >= 0.6 is 0 Å². The molecule has 0 saturated heterocycles. The lowest BCUT2D eigenvalue weighted by atomic mass is 10.1. The second-order valence-corrected chi connectivity index (χ2v) is 5.00. The fourth-order valence-electron chi connectivity index (χ4n) is 2.02. The summed E-state index contributed by atoms with van der Waals surface area (Å²) in [5.41, 5.74) is 3.34. The molecule has 0 spiro atoms. The molecule has 0 aliphatic carbocycles. The lowest BCUT2D eigenvalue weighted by molar-refractivity contribution is 0.299. The van der Waals surface area contributed by atoms with Crippen molar-refractivity contribution in [1.29, 1.82) is 0 Å². The Balaban J connectivity index is 1.99. The Kier molecular flexibility index (Phi) is 4.99. The summed E-state index contributed by atoms with van der Waals surface area (Å²) in [5.74, 6) is 1.83. The van der Waals surface area contributed by atoms with Gasteiger partial charge in [0.05, 0.1) is 5.69 Å². The summed E-state index contributed by atoms with van der Waals surface area (Å²) in [6, 6.07) is 12.2. The number of rotatable bonds is 6. The van der Waals surface area contributed by atoms with Crippen LogP contribution in [0.4, 0.5) is 5.82 Å². The van der Waals surface area contributed by atoms with Crippen LogP contribution in [0.5, 0.6) is 5.75 Å². The summed E-state index contributed by atoms with van der Waals surface area (Å²) >= 11 is 0. The highest BCUT2D eigenvalue weighted by Crippen LogP contribution is 2.20. The van der Waals surface area contributed by atoms with E-state index in [9.17, 15) is 0 Å². The molecule has 0 saturated carbocycles. The van der Waals surface area contributed by atoms with Gasteiger partial charge in [0, 0.05) is 6.54 Å². The molecular formula is C17H22N2O. The average Bonchev–Trinajstić information content (AvgIpc) is 2.45. The number of hydrogen-bond donors (Lipinski definition) is 1. The molecule has 2 rings (SSSR count). The minimum Gasteiger partial charge on any atom is -0.487 e. The standard InChI is InChI=1S/C17H22N2O/c1-4-10-18-17-7-5-6-15(19-17)12-20-16-9-8-13(2)11-14(16)3/h5-9,11H,4,10,12H2,1-3H3,(H,18,19). The van der Waals surface area contributed by atoms with Gasteiger partial charge in [-0.05, 0) is 44.0 Å². The second-order valence-electron chi connectivity index (χ2n) is 5.00. The van der Waals surface area contributed by atoms with Crippen molar-refractivity contribution >= 4 is 5.82 Å². The van der Waals surface area contributed by atoms with Crippen molar-refractivity contribution in [3.8, 4) is 5.75 Å². The van der Waals surface area contributed by atoms with E-state index in [1.165, 1.54) is 5.56 Å². The molecular weight excluding hydrogens is 248 g/mol. The molecule has 0 aliphatic rings. The van der Waals surface area contributed by atoms with Crippen molar-refractivity contribution in [1.82, 2.24) is 4.98 Å². The van der Waals surface area contributed by atoms with E-state index in [1.54, 1.807) is 0 Å². The Morgan fingerprint density at radius 1 is 1.15 bits per heavy atom. The Morgan fingerprint density at radius 2 is 2.00 bits per heavy atom. The molecule has 20 heavy (non-hydrogen) atoms. The van der Waals surface area contributed by atoms with Gasteiger partial charge >= 0.3 is 0 Å². The molecule has 0 aliphatic heterocycles. The van der Waals surface area contributed by atoms with E-state index < -0.39 is 0 Å². The van der Waals surface area contributed by atoms with Crippen molar-refractivity contribution in [2.45, 2.75) is 33.8 Å². The highest BCUT2D eigenvalue weighted by Gasteiger charge is 2.02. The van der Waals surface area contributed by atoms with Crippen molar-refractivity contribution < 1.29 is 4.74 Å². The van der Waals surface area contributed by atoms with Gasteiger partial charge in [0.25, 0.3) is 0 Å². The molecule has 0 bridgehead atoms. The zero-order valence-corrected chi connectivity index (χ0v) is 12.4. The second kappa shape index (κ2) is 6.94. The van der Waals surface area contributed by atoms with Gasteiger partial charge in [-0.1, -0.05) is 30.7 Å². The van der Waals surface area contributed by atoms with Gasteiger partial charge in [-0.3, -0.25) is 0 Å². The maximum atomic E-state index is 5.85. The molecule has 1 heterocycles. The molecule has 0 atom stereocenters. The minimum absolute atomic E-state index is 0.492. The fraction of sp³-hybridized carbons (Fsp3) is 0.353. The van der Waals surface area contributed by atoms with E-state index in [0.717, 1.165) is 35.8 Å². The fourth-order valence-corrected chi connectivity index (χ4v) is 2.02. The monoisotopic (exact) mass is 270 g/mol. The maximum absolute atomic E-state index is 5.85. The molecule has 0 fully saturated rings. The number of ether oxygens (including phenoxy) is 1. The van der Waals surface area contributed by atoms with Gasteiger partial charge in [-0.15, -0.1) is 0 Å². The predicted molar refractivity (Wildman–Crippen MR) is 83.3 cm³/mol. The molecule has 3 heteroatoms. The molecule has 1 aromatic carbocycles. The Bertz CT molecular complexity index is 567. The first-order valence-corrected chi connectivity index (χ1v) is 7.09. The van der Waals surface area contributed by atoms with E-state index >= 15 is 0 Å². The van der Waals surface area contributed by atoms with Crippen LogP contribution < -0.4 is 10.1 Å². The van der Waals surface area contributed by atoms with Gasteiger partial charge in [0.2, 0.25) is 0 Å². The molecule has 3 nitrogen and oxygen atoms in total. The van der Waals surface area contributed by atoms with Gasteiger partial charge < -0.3 is 10.1 Å². The first-order valence-electron chi connectivity index (χ1n) is 7.09. The summed E-state index contributed by atoms with van der Waals surface area (Å²) < 4.78 is 5.85. The summed E-state index contributed by atoms with van der Waals surface area (Å²) in [4.78, 5) is 4.54. The highest BCUT2D eigenvalue weighted by atomic mass is 16.5. The predicted octanol–water partition coefficient (Wildman–Crippen LogP) is 4.10. The Morgan fingerprint density at radius 3 is 2.75 bits per heavy atom. The largest absolute Gasteiger partial charge is 0.487 e. The van der Waals surface area contributed by atoms with Crippen LogP contribution in [0.15, 0.2) is 36.4 Å². The summed E-state index contributed by atoms with van der Waals surface area (Å²) in [6.07, 6.45) is 1.09. The van der Waals surface area contributed by atoms with Crippen molar-refractivity contribution in [3.63, 3.8) is 0 Å². The third-order valence-electron chi connectivity index (χ3n) is 3.07. The third-order valence-corrected chi connectivity index (χ3v) is 3.07. The van der Waals surface area contributed by atoms with E-state index in [4.69, 9.17) is 4.74 Å². The van der Waals surface area contributed by atoms with E-state index in [-0.39, 0.29) is 0 Å². The topological polar surface area (TPSA) is 34.1 Å². The summed E-state index contributed by atoms with van der Waals surface area (Å²) in [7, 11) is 0. The van der Waals surface area contributed by atoms with Crippen LogP contribution in [0.25, 0.3) is 0 Å². The van der Waals surface area contributed by atoms with Gasteiger partial charge in [0.15, 0.2) is 0 Å². The van der Waals surface area contributed by atoms with Crippen molar-refractivity contribution in [3.05, 3.63) is 53.2 Å². The van der Waals surface area contributed by atoms with Crippen LogP contribution in [0.3, 0.4) is 0 Å². The minimum atomic E-state index is 0.492. The van der Waals surface area contributed by atoms with Crippen LogP contribution in [-0.2, 0) is 6.61 Å². The molecule has 106 valence electrons.